The molecule has 6 heteroatoms. The summed E-state index contributed by atoms with van der Waals surface area (Å²) in [7, 11) is 0. The highest BCUT2D eigenvalue weighted by Gasteiger charge is 2.30. The number of carbonyl (C=O) groups excluding carboxylic acids is 2. The summed E-state index contributed by atoms with van der Waals surface area (Å²) in [6.07, 6.45) is 1.85. The van der Waals surface area contributed by atoms with E-state index < -0.39 is 0 Å². The van der Waals surface area contributed by atoms with Crippen LogP contribution < -0.4 is 14.5 Å². The molecule has 0 atom stereocenters. The van der Waals surface area contributed by atoms with Gasteiger partial charge >= 0.3 is 5.97 Å². The second-order valence-corrected chi connectivity index (χ2v) is 10.3. The number of benzene rings is 4. The molecule has 3 heterocycles. The predicted octanol–water partition coefficient (Wildman–Crippen LogP) is 6.79. The molecule has 7 rings (SSSR count). The van der Waals surface area contributed by atoms with Gasteiger partial charge in [0.25, 0.3) is 0 Å². The van der Waals surface area contributed by atoms with Crippen molar-refractivity contribution in [2.45, 2.75) is 26.9 Å². The van der Waals surface area contributed by atoms with E-state index in [1.165, 1.54) is 22.5 Å². The van der Waals surface area contributed by atoms with Crippen molar-refractivity contribution in [3.8, 4) is 16.9 Å². The first-order chi connectivity index (χ1) is 19.0. The fourth-order valence-electron chi connectivity index (χ4n) is 6.00. The summed E-state index contributed by atoms with van der Waals surface area (Å²) >= 11 is 0. The number of para-hydroxylation sites is 1. The Morgan fingerprint density at radius 3 is 2.36 bits per heavy atom. The molecule has 2 aliphatic heterocycles. The number of anilines is 2. The zero-order valence-electron chi connectivity index (χ0n) is 21.8. The molecule has 2 aliphatic rings. The smallest absolute Gasteiger partial charge is 0.344 e. The number of aromatic nitrogens is 1. The summed E-state index contributed by atoms with van der Waals surface area (Å²) in [6.45, 7) is 5.98. The largest absolute Gasteiger partial charge is 0.423 e. The summed E-state index contributed by atoms with van der Waals surface area (Å²) in [5.41, 5.74) is 9.27. The van der Waals surface area contributed by atoms with Gasteiger partial charge in [-0.15, -0.1) is 0 Å². The first-order valence-corrected chi connectivity index (χ1v) is 13.1. The van der Waals surface area contributed by atoms with E-state index in [0.29, 0.717) is 11.3 Å². The summed E-state index contributed by atoms with van der Waals surface area (Å²) in [5, 5.41) is 1.07. The molecular weight excluding hydrogens is 486 g/mol. The van der Waals surface area contributed by atoms with E-state index in [2.05, 4.69) is 40.1 Å². The molecule has 0 amide bonds. The van der Waals surface area contributed by atoms with Gasteiger partial charge in [-0.2, -0.15) is 0 Å². The van der Waals surface area contributed by atoms with Crippen LogP contribution in [0.5, 0.6) is 5.75 Å². The van der Waals surface area contributed by atoms with Crippen LogP contribution in [0.1, 0.15) is 38.8 Å². The molecule has 0 unspecified atom stereocenters. The van der Waals surface area contributed by atoms with E-state index in [9.17, 15) is 9.59 Å². The van der Waals surface area contributed by atoms with Gasteiger partial charge in [-0.1, -0.05) is 36.4 Å². The molecule has 0 fully saturated rings. The first kappa shape index (κ1) is 23.3. The maximum absolute atomic E-state index is 13.2. The van der Waals surface area contributed by atoms with E-state index in [4.69, 9.17) is 4.74 Å². The summed E-state index contributed by atoms with van der Waals surface area (Å²) < 4.78 is 7.42. The topological polar surface area (TPSA) is 54.8 Å². The molecule has 192 valence electrons. The predicted molar refractivity (Wildman–Crippen MR) is 153 cm³/mol. The van der Waals surface area contributed by atoms with Gasteiger partial charge in [0.05, 0.1) is 17.7 Å². The Kier molecular flexibility index (Phi) is 5.30. The number of fused-ring (bicyclic) bond motifs is 7. The fraction of sp³-hybridized carbons (Fsp3) is 0.152. The van der Waals surface area contributed by atoms with Crippen LogP contribution in [-0.4, -0.2) is 23.1 Å². The number of carbonyl (C=O) groups is 2. The standard InChI is InChI=1S/C33H27N3O3/c1-21-7-6-10-28(33(38)39-27-8-4-3-5-9-27)32(21)24-11-12-29-25(15-24)18-35-20-34(29)19-26-17-31-23(16-30(26)35)13-14-36(31)22(2)37/h3-17H,18-20H2,1-2H3. The quantitative estimate of drug-likeness (QED) is 0.196. The zero-order chi connectivity index (χ0) is 26.7. The van der Waals surface area contributed by atoms with Crippen LogP contribution in [0, 0.1) is 6.92 Å². The summed E-state index contributed by atoms with van der Waals surface area (Å²) in [5.74, 6) is 0.181. The lowest BCUT2D eigenvalue weighted by molar-refractivity contribution is 0.0735. The average Bonchev–Trinajstić information content (AvgIpc) is 3.35. The zero-order valence-corrected chi connectivity index (χ0v) is 21.8. The number of aryl methyl sites for hydroxylation is 1. The van der Waals surface area contributed by atoms with E-state index in [0.717, 1.165) is 47.4 Å². The molecule has 1 aromatic heterocycles. The lowest BCUT2D eigenvalue weighted by Crippen LogP contribution is -2.46. The Bertz CT molecular complexity index is 1790. The number of rotatable bonds is 3. The van der Waals surface area contributed by atoms with Gasteiger partial charge in [-0.05, 0) is 83.3 Å². The fourth-order valence-corrected chi connectivity index (χ4v) is 6.00. The van der Waals surface area contributed by atoms with Crippen molar-refractivity contribution >= 4 is 34.2 Å². The minimum atomic E-state index is -0.363. The first-order valence-electron chi connectivity index (χ1n) is 13.1. The molecule has 0 spiro atoms. The summed E-state index contributed by atoms with van der Waals surface area (Å²) in [6, 6.07) is 27.8. The van der Waals surface area contributed by atoms with Gasteiger partial charge in [0.1, 0.15) is 5.75 Å². The molecule has 39 heavy (non-hydrogen) atoms. The Labute approximate surface area is 226 Å². The molecule has 2 bridgehead atoms. The van der Waals surface area contributed by atoms with Crippen molar-refractivity contribution in [3.05, 3.63) is 113 Å². The van der Waals surface area contributed by atoms with Crippen LogP contribution in [0.4, 0.5) is 11.4 Å². The number of hydrogen-bond donors (Lipinski definition) is 0. The third-order valence-electron chi connectivity index (χ3n) is 7.79. The lowest BCUT2D eigenvalue weighted by atomic mass is 9.92. The highest BCUT2D eigenvalue weighted by Crippen LogP contribution is 2.41. The molecule has 0 radical (unpaired) electrons. The lowest BCUT2D eigenvalue weighted by Gasteiger charge is -2.45. The van der Waals surface area contributed by atoms with Crippen LogP contribution in [0.25, 0.3) is 22.0 Å². The van der Waals surface area contributed by atoms with E-state index in [-0.39, 0.29) is 11.9 Å². The molecular formula is C33H27N3O3. The third kappa shape index (κ3) is 3.87. The van der Waals surface area contributed by atoms with Gasteiger partial charge in [0.15, 0.2) is 0 Å². The van der Waals surface area contributed by atoms with Gasteiger partial charge in [-0.25, -0.2) is 4.79 Å². The third-order valence-corrected chi connectivity index (χ3v) is 7.79. The molecule has 6 nitrogen and oxygen atoms in total. The van der Waals surface area contributed by atoms with Crippen molar-refractivity contribution in [3.63, 3.8) is 0 Å². The highest BCUT2D eigenvalue weighted by molar-refractivity contribution is 6.00. The SMILES string of the molecule is CC(=O)n1ccc2cc3c(cc21)CN1CN3Cc2cc(-c3c(C)cccc3C(=O)Oc3ccccc3)ccc21. The monoisotopic (exact) mass is 513 g/mol. The molecule has 0 saturated carbocycles. The van der Waals surface area contributed by atoms with E-state index in [1.807, 2.05) is 55.6 Å². The van der Waals surface area contributed by atoms with E-state index >= 15 is 0 Å². The molecule has 0 aliphatic carbocycles. The molecule has 5 aromatic rings. The van der Waals surface area contributed by atoms with Crippen LogP contribution >= 0.6 is 0 Å². The van der Waals surface area contributed by atoms with Crippen molar-refractivity contribution < 1.29 is 14.3 Å². The normalized spacial score (nSPS) is 13.7. The number of nitrogens with zero attached hydrogens (tertiary/aromatic N) is 3. The minimum absolute atomic E-state index is 0.0164. The highest BCUT2D eigenvalue weighted by atomic mass is 16.5. The molecule has 0 saturated heterocycles. The Morgan fingerprint density at radius 2 is 1.56 bits per heavy atom. The van der Waals surface area contributed by atoms with Crippen molar-refractivity contribution in [1.29, 1.82) is 0 Å². The second kappa shape index (κ2) is 8.88. The average molecular weight is 514 g/mol. The van der Waals surface area contributed by atoms with Gasteiger partial charge in [-0.3, -0.25) is 9.36 Å². The van der Waals surface area contributed by atoms with Gasteiger partial charge in [0, 0.05) is 43.0 Å². The molecule has 4 aromatic carbocycles. The Hall–Kier alpha value is -4.84. The van der Waals surface area contributed by atoms with Crippen molar-refractivity contribution in [2.24, 2.45) is 0 Å². The van der Waals surface area contributed by atoms with Crippen LogP contribution in [0.15, 0.2) is 91.1 Å². The van der Waals surface area contributed by atoms with Gasteiger partial charge in [0.2, 0.25) is 5.91 Å². The number of esters is 1. The Balaban J connectivity index is 1.25. The van der Waals surface area contributed by atoms with Crippen LogP contribution in [-0.2, 0) is 13.1 Å². The van der Waals surface area contributed by atoms with Crippen LogP contribution in [0.2, 0.25) is 0 Å². The number of ether oxygens (including phenoxy) is 1. The van der Waals surface area contributed by atoms with Gasteiger partial charge < -0.3 is 14.5 Å². The number of hydrogen-bond acceptors (Lipinski definition) is 5. The second-order valence-electron chi connectivity index (χ2n) is 10.3. The Morgan fingerprint density at radius 1 is 0.795 bits per heavy atom. The summed E-state index contributed by atoms with van der Waals surface area (Å²) in [4.78, 5) is 30.1. The van der Waals surface area contributed by atoms with Crippen molar-refractivity contribution in [1.82, 2.24) is 4.57 Å². The van der Waals surface area contributed by atoms with Crippen molar-refractivity contribution in [2.75, 3.05) is 16.5 Å². The maximum Gasteiger partial charge on any atom is 0.344 e. The minimum Gasteiger partial charge on any atom is -0.423 e. The van der Waals surface area contributed by atoms with E-state index in [1.54, 1.807) is 23.6 Å². The maximum atomic E-state index is 13.2. The van der Waals surface area contributed by atoms with Crippen LogP contribution in [0.3, 0.4) is 0 Å². The molecule has 0 N–H and O–H groups in total.